The SMILES string of the molecule is COCCSc1nc(Cl)nc(N2CCCCC2)n1. The number of halogens is 1. The fraction of sp³-hybridized carbons (Fsp3) is 0.727. The summed E-state index contributed by atoms with van der Waals surface area (Å²) < 4.78 is 5.00. The van der Waals surface area contributed by atoms with Crippen LogP contribution in [0.3, 0.4) is 0 Å². The van der Waals surface area contributed by atoms with Gasteiger partial charge in [0.25, 0.3) is 0 Å². The molecule has 5 nitrogen and oxygen atoms in total. The molecule has 0 saturated carbocycles. The highest BCUT2D eigenvalue weighted by molar-refractivity contribution is 7.99. The van der Waals surface area contributed by atoms with E-state index in [2.05, 4.69) is 19.9 Å². The van der Waals surface area contributed by atoms with E-state index in [1.54, 1.807) is 7.11 Å². The number of hydrogen-bond donors (Lipinski definition) is 0. The number of anilines is 1. The molecule has 0 bridgehead atoms. The van der Waals surface area contributed by atoms with E-state index in [4.69, 9.17) is 16.3 Å². The topological polar surface area (TPSA) is 51.1 Å². The summed E-state index contributed by atoms with van der Waals surface area (Å²) in [5, 5.41) is 0.943. The summed E-state index contributed by atoms with van der Waals surface area (Å²) in [5.41, 5.74) is 0. The minimum atomic E-state index is 0.269. The van der Waals surface area contributed by atoms with Gasteiger partial charge in [-0.1, -0.05) is 11.8 Å². The van der Waals surface area contributed by atoms with E-state index >= 15 is 0 Å². The molecule has 2 rings (SSSR count). The maximum absolute atomic E-state index is 5.95. The second-order valence-electron chi connectivity index (χ2n) is 4.08. The first kappa shape index (κ1) is 13.8. The molecule has 0 unspecified atom stereocenters. The lowest BCUT2D eigenvalue weighted by Crippen LogP contribution is -2.31. The van der Waals surface area contributed by atoms with Gasteiger partial charge in [0, 0.05) is 26.0 Å². The van der Waals surface area contributed by atoms with Gasteiger partial charge in [0.15, 0.2) is 5.16 Å². The third kappa shape index (κ3) is 3.96. The molecule has 0 amide bonds. The number of methoxy groups -OCH3 is 1. The van der Waals surface area contributed by atoms with Gasteiger partial charge in [-0.25, -0.2) is 0 Å². The Morgan fingerprint density at radius 3 is 2.72 bits per heavy atom. The number of thioether (sulfide) groups is 1. The average Bonchev–Trinajstić information content (AvgIpc) is 2.39. The van der Waals surface area contributed by atoms with E-state index in [0.717, 1.165) is 18.8 Å². The van der Waals surface area contributed by atoms with Crippen LogP contribution in [0.15, 0.2) is 5.16 Å². The highest BCUT2D eigenvalue weighted by Gasteiger charge is 2.15. The molecule has 0 aliphatic carbocycles. The Hall–Kier alpha value is -0.590. The van der Waals surface area contributed by atoms with Crippen LogP contribution < -0.4 is 4.90 Å². The van der Waals surface area contributed by atoms with E-state index in [9.17, 15) is 0 Å². The van der Waals surface area contributed by atoms with Crippen LogP contribution in [0.4, 0.5) is 5.95 Å². The molecule has 2 heterocycles. The van der Waals surface area contributed by atoms with E-state index in [-0.39, 0.29) is 5.28 Å². The smallest absolute Gasteiger partial charge is 0.230 e. The number of hydrogen-bond acceptors (Lipinski definition) is 6. The molecule has 7 heteroatoms. The average molecular weight is 289 g/mol. The Kier molecular flexibility index (Phi) is 5.46. The number of nitrogens with zero attached hydrogens (tertiary/aromatic N) is 4. The normalized spacial score (nSPS) is 16.0. The second kappa shape index (κ2) is 7.11. The molecule has 0 radical (unpaired) electrons. The zero-order valence-electron chi connectivity index (χ0n) is 10.4. The van der Waals surface area contributed by atoms with Crippen molar-refractivity contribution in [3.63, 3.8) is 0 Å². The molecule has 0 atom stereocenters. The maximum Gasteiger partial charge on any atom is 0.230 e. The summed E-state index contributed by atoms with van der Waals surface area (Å²) in [6, 6.07) is 0. The molecule has 1 aromatic heterocycles. The van der Waals surface area contributed by atoms with Crippen molar-refractivity contribution < 1.29 is 4.74 Å². The highest BCUT2D eigenvalue weighted by Crippen LogP contribution is 2.21. The molecule has 100 valence electrons. The Bertz CT molecular complexity index is 387. The van der Waals surface area contributed by atoms with Gasteiger partial charge in [0.1, 0.15) is 0 Å². The summed E-state index contributed by atoms with van der Waals surface area (Å²) in [7, 11) is 1.68. The summed E-state index contributed by atoms with van der Waals surface area (Å²) in [4.78, 5) is 15.0. The highest BCUT2D eigenvalue weighted by atomic mass is 35.5. The predicted octanol–water partition coefficient (Wildman–Crippen LogP) is 2.25. The van der Waals surface area contributed by atoms with Crippen molar-refractivity contribution in [2.45, 2.75) is 24.4 Å². The molecule has 1 aromatic rings. The van der Waals surface area contributed by atoms with Crippen LogP contribution in [-0.2, 0) is 4.74 Å². The second-order valence-corrected chi connectivity index (χ2v) is 5.48. The summed E-state index contributed by atoms with van der Waals surface area (Å²) in [6.45, 7) is 2.68. The van der Waals surface area contributed by atoms with Crippen molar-refractivity contribution in [1.29, 1.82) is 0 Å². The zero-order chi connectivity index (χ0) is 12.8. The van der Waals surface area contributed by atoms with Crippen molar-refractivity contribution in [3.05, 3.63) is 5.28 Å². The molecule has 0 N–H and O–H groups in total. The molecule has 0 spiro atoms. The van der Waals surface area contributed by atoms with Crippen LogP contribution in [0, 0.1) is 0 Å². The molecule has 18 heavy (non-hydrogen) atoms. The summed E-state index contributed by atoms with van der Waals surface area (Å²) >= 11 is 7.49. The number of rotatable bonds is 5. The van der Waals surface area contributed by atoms with Gasteiger partial charge in [-0.2, -0.15) is 15.0 Å². The van der Waals surface area contributed by atoms with Gasteiger partial charge in [-0.15, -0.1) is 0 Å². The molecule has 1 fully saturated rings. The lowest BCUT2D eigenvalue weighted by atomic mass is 10.1. The summed E-state index contributed by atoms with van der Waals surface area (Å²) in [6.07, 6.45) is 3.66. The molecule has 1 saturated heterocycles. The lowest BCUT2D eigenvalue weighted by molar-refractivity contribution is 0.218. The fourth-order valence-electron chi connectivity index (χ4n) is 1.84. The third-order valence-electron chi connectivity index (χ3n) is 2.73. The Balaban J connectivity index is 2.05. The number of piperidine rings is 1. The molecular formula is C11H17ClN4OS. The Labute approximate surface area is 116 Å². The van der Waals surface area contributed by atoms with Crippen molar-refractivity contribution in [2.75, 3.05) is 37.5 Å². The van der Waals surface area contributed by atoms with E-state index in [0.29, 0.717) is 17.7 Å². The van der Waals surface area contributed by atoms with E-state index in [1.165, 1.54) is 31.0 Å². The van der Waals surface area contributed by atoms with Gasteiger partial charge in [-0.3, -0.25) is 0 Å². The van der Waals surface area contributed by atoms with Crippen molar-refractivity contribution in [3.8, 4) is 0 Å². The summed E-state index contributed by atoms with van der Waals surface area (Å²) in [5.74, 6) is 1.52. The van der Waals surface area contributed by atoms with Crippen LogP contribution >= 0.6 is 23.4 Å². The van der Waals surface area contributed by atoms with Gasteiger partial charge in [-0.05, 0) is 30.9 Å². The Morgan fingerprint density at radius 2 is 2.00 bits per heavy atom. The van der Waals surface area contributed by atoms with Crippen LogP contribution in [0.25, 0.3) is 0 Å². The first-order valence-electron chi connectivity index (χ1n) is 6.08. The molecule has 1 aliphatic heterocycles. The monoisotopic (exact) mass is 288 g/mol. The van der Waals surface area contributed by atoms with Gasteiger partial charge in [0.05, 0.1) is 6.61 Å². The fourth-order valence-corrected chi connectivity index (χ4v) is 2.77. The van der Waals surface area contributed by atoms with Crippen LogP contribution in [-0.4, -0.2) is 47.5 Å². The van der Waals surface area contributed by atoms with Crippen LogP contribution in [0.2, 0.25) is 5.28 Å². The Morgan fingerprint density at radius 1 is 1.22 bits per heavy atom. The van der Waals surface area contributed by atoms with Crippen molar-refractivity contribution in [2.24, 2.45) is 0 Å². The quantitative estimate of drug-likeness (QED) is 0.612. The van der Waals surface area contributed by atoms with Crippen molar-refractivity contribution in [1.82, 2.24) is 15.0 Å². The van der Waals surface area contributed by atoms with E-state index in [1.807, 2.05) is 0 Å². The standard InChI is InChI=1S/C11H17ClN4OS/c1-17-7-8-18-11-14-9(12)13-10(15-11)16-5-3-2-4-6-16/h2-8H2,1H3. The third-order valence-corrected chi connectivity index (χ3v) is 3.71. The van der Waals surface area contributed by atoms with Crippen molar-refractivity contribution >= 4 is 29.3 Å². The van der Waals surface area contributed by atoms with Crippen LogP contribution in [0.1, 0.15) is 19.3 Å². The molecule has 0 aromatic carbocycles. The number of ether oxygens (including phenoxy) is 1. The largest absolute Gasteiger partial charge is 0.384 e. The van der Waals surface area contributed by atoms with Gasteiger partial charge < -0.3 is 9.64 Å². The minimum absolute atomic E-state index is 0.269. The first-order chi connectivity index (χ1) is 8.79. The molecular weight excluding hydrogens is 272 g/mol. The van der Waals surface area contributed by atoms with Crippen LogP contribution in [0.5, 0.6) is 0 Å². The predicted molar refractivity (Wildman–Crippen MR) is 73.5 cm³/mol. The molecule has 1 aliphatic rings. The van der Waals surface area contributed by atoms with Gasteiger partial charge >= 0.3 is 0 Å². The van der Waals surface area contributed by atoms with E-state index < -0.39 is 0 Å². The lowest BCUT2D eigenvalue weighted by Gasteiger charge is -2.26. The zero-order valence-corrected chi connectivity index (χ0v) is 12.0. The maximum atomic E-state index is 5.95. The minimum Gasteiger partial charge on any atom is -0.384 e. The number of aromatic nitrogens is 3. The van der Waals surface area contributed by atoms with Gasteiger partial charge in [0.2, 0.25) is 11.2 Å². The first-order valence-corrected chi connectivity index (χ1v) is 7.44.